The fourth-order valence-electron chi connectivity index (χ4n) is 3.29. The van der Waals surface area contributed by atoms with Gasteiger partial charge in [0.1, 0.15) is 5.56 Å². The van der Waals surface area contributed by atoms with Gasteiger partial charge in [-0.3, -0.25) is 14.6 Å². The molecule has 1 aliphatic carbocycles. The zero-order chi connectivity index (χ0) is 15.1. The molecule has 114 valence electrons. The van der Waals surface area contributed by atoms with Crippen LogP contribution in [0.5, 0.6) is 0 Å². The van der Waals surface area contributed by atoms with Crippen molar-refractivity contribution in [2.75, 3.05) is 20.7 Å². The van der Waals surface area contributed by atoms with Gasteiger partial charge in [0.2, 0.25) is 0 Å². The lowest BCUT2D eigenvalue weighted by Crippen LogP contribution is -2.69. The number of hydrogen-bond acceptors (Lipinski definition) is 5. The SMILES string of the molecule is CN(C)[C@@H]1[C@@H](NC(=O)c2c[nH]c(=O)[nH]c2=O)[C@H]2CCO[C@H]21. The predicted molar refractivity (Wildman–Crippen MR) is 74.3 cm³/mol. The van der Waals surface area contributed by atoms with Crippen LogP contribution >= 0.6 is 0 Å². The highest BCUT2D eigenvalue weighted by Crippen LogP contribution is 2.41. The van der Waals surface area contributed by atoms with Gasteiger partial charge in [0, 0.05) is 18.7 Å². The highest BCUT2D eigenvalue weighted by molar-refractivity contribution is 5.93. The van der Waals surface area contributed by atoms with E-state index in [9.17, 15) is 14.4 Å². The molecule has 8 heteroatoms. The first kappa shape index (κ1) is 14.0. The molecule has 1 saturated heterocycles. The van der Waals surface area contributed by atoms with Crippen LogP contribution in [0.25, 0.3) is 0 Å². The van der Waals surface area contributed by atoms with Crippen LogP contribution in [-0.2, 0) is 4.74 Å². The van der Waals surface area contributed by atoms with E-state index in [-0.39, 0.29) is 29.7 Å². The summed E-state index contributed by atoms with van der Waals surface area (Å²) in [5, 5.41) is 2.89. The lowest BCUT2D eigenvalue weighted by molar-refractivity contribution is -0.0664. The Morgan fingerprint density at radius 3 is 2.86 bits per heavy atom. The smallest absolute Gasteiger partial charge is 0.325 e. The number of rotatable bonds is 3. The van der Waals surface area contributed by atoms with Crippen molar-refractivity contribution in [3.63, 3.8) is 0 Å². The number of carbonyl (C=O) groups excluding carboxylic acids is 1. The highest BCUT2D eigenvalue weighted by atomic mass is 16.5. The topological polar surface area (TPSA) is 107 Å². The van der Waals surface area contributed by atoms with Crippen LogP contribution in [0.2, 0.25) is 0 Å². The quantitative estimate of drug-likeness (QED) is 0.629. The Hall–Kier alpha value is -1.93. The van der Waals surface area contributed by atoms with Crippen molar-refractivity contribution in [2.45, 2.75) is 24.6 Å². The van der Waals surface area contributed by atoms with Gasteiger partial charge in [-0.2, -0.15) is 0 Å². The largest absolute Gasteiger partial charge is 0.376 e. The molecule has 0 aromatic carbocycles. The van der Waals surface area contributed by atoms with Crippen LogP contribution in [-0.4, -0.2) is 59.7 Å². The molecule has 1 aromatic rings. The summed E-state index contributed by atoms with van der Waals surface area (Å²) in [6.07, 6.45) is 2.18. The molecule has 2 fully saturated rings. The van der Waals surface area contributed by atoms with E-state index in [0.29, 0.717) is 6.61 Å². The molecule has 3 N–H and O–H groups in total. The highest BCUT2D eigenvalue weighted by Gasteiger charge is 2.55. The van der Waals surface area contributed by atoms with Crippen molar-refractivity contribution in [2.24, 2.45) is 5.92 Å². The number of amides is 1. The summed E-state index contributed by atoms with van der Waals surface area (Å²) < 4.78 is 5.67. The van der Waals surface area contributed by atoms with Gasteiger partial charge < -0.3 is 19.9 Å². The minimum absolute atomic E-state index is 0.0497. The molecule has 0 unspecified atom stereocenters. The molecule has 1 amide bonds. The van der Waals surface area contributed by atoms with Crippen LogP contribution in [0.15, 0.2) is 15.8 Å². The molecular formula is C13H18N4O4. The first-order chi connectivity index (χ1) is 9.99. The van der Waals surface area contributed by atoms with Gasteiger partial charge in [-0.25, -0.2) is 4.79 Å². The Kier molecular flexibility index (Phi) is 3.42. The van der Waals surface area contributed by atoms with Gasteiger partial charge in [0.05, 0.1) is 18.2 Å². The second-order valence-corrected chi connectivity index (χ2v) is 5.73. The van der Waals surface area contributed by atoms with E-state index in [4.69, 9.17) is 4.74 Å². The summed E-state index contributed by atoms with van der Waals surface area (Å²) in [5.41, 5.74) is -1.40. The Morgan fingerprint density at radius 2 is 2.19 bits per heavy atom. The van der Waals surface area contributed by atoms with Crippen LogP contribution in [0, 0.1) is 5.92 Å². The van der Waals surface area contributed by atoms with Gasteiger partial charge in [0.25, 0.3) is 11.5 Å². The molecule has 3 rings (SSSR count). The van der Waals surface area contributed by atoms with Gasteiger partial charge in [-0.05, 0) is 20.5 Å². The number of nitrogens with zero attached hydrogens (tertiary/aromatic N) is 1. The number of aromatic amines is 2. The van der Waals surface area contributed by atoms with Crippen molar-refractivity contribution in [1.82, 2.24) is 20.2 Å². The summed E-state index contributed by atoms with van der Waals surface area (Å²) in [5.74, 6) is -0.196. The average Bonchev–Trinajstić information content (AvgIpc) is 2.79. The molecule has 1 saturated carbocycles. The fourth-order valence-corrected chi connectivity index (χ4v) is 3.29. The minimum atomic E-state index is -0.684. The maximum atomic E-state index is 12.2. The third-order valence-corrected chi connectivity index (χ3v) is 4.31. The Balaban J connectivity index is 1.78. The summed E-state index contributed by atoms with van der Waals surface area (Å²) in [7, 11) is 3.88. The van der Waals surface area contributed by atoms with Gasteiger partial charge in [-0.1, -0.05) is 0 Å². The number of nitrogens with one attached hydrogen (secondary N) is 3. The predicted octanol–water partition coefficient (Wildman–Crippen LogP) is -1.49. The molecular weight excluding hydrogens is 276 g/mol. The maximum absolute atomic E-state index is 12.2. The van der Waals surface area contributed by atoms with E-state index in [1.165, 1.54) is 0 Å². The van der Waals surface area contributed by atoms with E-state index in [2.05, 4.69) is 10.3 Å². The van der Waals surface area contributed by atoms with E-state index < -0.39 is 17.2 Å². The standard InChI is InChI=1S/C13H18N4O4/c1-17(2)9-8(6-3-4-21-10(6)9)15-11(18)7-5-14-13(20)16-12(7)19/h5-6,8-10H,3-4H2,1-2H3,(H,15,18)(H2,14,16,19,20)/t6-,8+,9-,10-/m1/s1. The van der Waals surface area contributed by atoms with Gasteiger partial charge >= 0.3 is 5.69 Å². The molecule has 1 aliphatic heterocycles. The summed E-state index contributed by atoms with van der Waals surface area (Å²) in [4.78, 5) is 41.2. The zero-order valence-corrected chi connectivity index (χ0v) is 11.9. The molecule has 4 atom stereocenters. The zero-order valence-electron chi connectivity index (χ0n) is 11.9. The Labute approximate surface area is 120 Å². The number of fused-ring (bicyclic) bond motifs is 1. The maximum Gasteiger partial charge on any atom is 0.325 e. The molecule has 8 nitrogen and oxygen atoms in total. The van der Waals surface area contributed by atoms with Crippen LogP contribution in [0.4, 0.5) is 0 Å². The van der Waals surface area contributed by atoms with E-state index >= 15 is 0 Å². The summed E-state index contributed by atoms with van der Waals surface area (Å²) in [6, 6.07) is 0.0506. The molecule has 0 radical (unpaired) electrons. The van der Waals surface area contributed by atoms with Crippen molar-refractivity contribution < 1.29 is 9.53 Å². The van der Waals surface area contributed by atoms with E-state index in [0.717, 1.165) is 12.6 Å². The monoisotopic (exact) mass is 294 g/mol. The van der Waals surface area contributed by atoms with Gasteiger partial charge in [0.15, 0.2) is 0 Å². The van der Waals surface area contributed by atoms with E-state index in [1.54, 1.807) is 0 Å². The normalized spacial score (nSPS) is 30.8. The van der Waals surface area contributed by atoms with Crippen molar-refractivity contribution >= 4 is 5.91 Å². The van der Waals surface area contributed by atoms with Crippen LogP contribution < -0.4 is 16.6 Å². The third kappa shape index (κ3) is 2.30. The van der Waals surface area contributed by atoms with E-state index in [1.807, 2.05) is 24.0 Å². The van der Waals surface area contributed by atoms with Crippen LogP contribution in [0.3, 0.4) is 0 Å². The van der Waals surface area contributed by atoms with Crippen molar-refractivity contribution in [3.8, 4) is 0 Å². The average molecular weight is 294 g/mol. The van der Waals surface area contributed by atoms with Crippen molar-refractivity contribution in [1.29, 1.82) is 0 Å². The number of carbonyl (C=O) groups is 1. The fraction of sp³-hybridized carbons (Fsp3) is 0.615. The first-order valence-corrected chi connectivity index (χ1v) is 6.90. The number of ether oxygens (including phenoxy) is 1. The molecule has 2 heterocycles. The molecule has 2 aliphatic rings. The summed E-state index contributed by atoms with van der Waals surface area (Å²) in [6.45, 7) is 0.700. The van der Waals surface area contributed by atoms with Crippen molar-refractivity contribution in [3.05, 3.63) is 32.6 Å². The lowest BCUT2D eigenvalue weighted by atomic mass is 9.71. The van der Waals surface area contributed by atoms with Gasteiger partial charge in [-0.15, -0.1) is 0 Å². The minimum Gasteiger partial charge on any atom is -0.376 e. The molecule has 0 spiro atoms. The van der Waals surface area contributed by atoms with Crippen LogP contribution in [0.1, 0.15) is 16.8 Å². The second kappa shape index (κ2) is 5.12. The second-order valence-electron chi connectivity index (χ2n) is 5.73. The number of H-pyrrole nitrogens is 2. The number of hydrogen-bond donors (Lipinski definition) is 3. The third-order valence-electron chi connectivity index (χ3n) is 4.31. The number of aromatic nitrogens is 2. The molecule has 0 bridgehead atoms. The molecule has 1 aromatic heterocycles. The number of likely N-dealkylation sites (N-methyl/N-ethyl adjacent to an activating group) is 1. The molecule has 21 heavy (non-hydrogen) atoms. The summed E-state index contributed by atoms with van der Waals surface area (Å²) >= 11 is 0. The Bertz CT molecular complexity index is 665. The first-order valence-electron chi connectivity index (χ1n) is 6.90. The lowest BCUT2D eigenvalue weighted by Gasteiger charge is -2.50. The Morgan fingerprint density at radius 1 is 1.43 bits per heavy atom.